The molecule has 45 heavy (non-hydrogen) atoms. The van der Waals surface area contributed by atoms with E-state index in [2.05, 4.69) is 32.6 Å². The van der Waals surface area contributed by atoms with Crippen LogP contribution < -0.4 is 4.74 Å². The van der Waals surface area contributed by atoms with Gasteiger partial charge < -0.3 is 33.5 Å². The summed E-state index contributed by atoms with van der Waals surface area (Å²) in [7, 11) is 1.34. The van der Waals surface area contributed by atoms with Crippen LogP contribution in [-0.4, -0.2) is 130 Å². The summed E-state index contributed by atoms with van der Waals surface area (Å²) in [5, 5.41) is 9.03. The van der Waals surface area contributed by atoms with Crippen molar-refractivity contribution in [3.63, 3.8) is 0 Å². The van der Waals surface area contributed by atoms with E-state index in [-0.39, 0.29) is 37.8 Å². The highest BCUT2D eigenvalue weighted by Crippen LogP contribution is 2.17. The van der Waals surface area contributed by atoms with Crippen molar-refractivity contribution in [2.45, 2.75) is 26.9 Å². The molecule has 0 saturated heterocycles. The molecular formula is C32H46N4O9. The topological polar surface area (TPSA) is 142 Å². The molecule has 13 nitrogen and oxygen atoms in total. The lowest BCUT2D eigenvalue weighted by atomic mass is 10.2. The van der Waals surface area contributed by atoms with Gasteiger partial charge in [0.2, 0.25) is 0 Å². The number of hydrogen-bond donors (Lipinski definition) is 1. The minimum absolute atomic E-state index is 0.0545. The Hall–Kier alpha value is -3.64. The second kappa shape index (κ2) is 22.8. The first-order chi connectivity index (χ1) is 21.9. The normalized spacial score (nSPS) is 11.0. The van der Waals surface area contributed by atoms with Crippen LogP contribution in [-0.2, 0) is 36.8 Å². The zero-order valence-electron chi connectivity index (χ0n) is 26.6. The number of methoxy groups -OCH3 is 1. The maximum absolute atomic E-state index is 12.4. The molecule has 0 aromatic carbocycles. The second-order valence-electron chi connectivity index (χ2n) is 9.60. The molecule has 0 fully saturated rings. The SMILES string of the molecule is C#CCOc1cc(CN(CCOCCO)CCOCCOCCN(CC)Cc2cccc(C(=O)OC)n2)nc(C(=O)OCC)c1. The van der Waals surface area contributed by atoms with Gasteiger partial charge in [0.05, 0.1) is 71.4 Å². The summed E-state index contributed by atoms with van der Waals surface area (Å²) in [5.41, 5.74) is 1.81. The number of hydrogen-bond acceptors (Lipinski definition) is 13. The summed E-state index contributed by atoms with van der Waals surface area (Å²) >= 11 is 0. The summed E-state index contributed by atoms with van der Waals surface area (Å²) in [6.07, 6.45) is 5.33. The molecule has 0 bridgehead atoms. The molecule has 0 aliphatic carbocycles. The molecule has 0 aliphatic heterocycles. The molecule has 2 aromatic rings. The summed E-state index contributed by atoms with van der Waals surface area (Å²) in [6.45, 7) is 10.1. The minimum Gasteiger partial charge on any atom is -0.481 e. The Morgan fingerprint density at radius 1 is 0.844 bits per heavy atom. The molecule has 248 valence electrons. The summed E-state index contributed by atoms with van der Waals surface area (Å²) in [5.74, 6) is 1.84. The number of rotatable bonds is 24. The first-order valence-corrected chi connectivity index (χ1v) is 15.0. The quantitative estimate of drug-likeness (QED) is 0.102. The van der Waals surface area contributed by atoms with Gasteiger partial charge in [-0.15, -0.1) is 6.42 Å². The molecule has 0 amide bonds. The van der Waals surface area contributed by atoms with Gasteiger partial charge in [-0.25, -0.2) is 19.6 Å². The molecule has 2 heterocycles. The van der Waals surface area contributed by atoms with Crippen molar-refractivity contribution >= 4 is 11.9 Å². The van der Waals surface area contributed by atoms with Gasteiger partial charge in [0.15, 0.2) is 5.69 Å². The molecular weight excluding hydrogens is 584 g/mol. The van der Waals surface area contributed by atoms with Crippen LogP contribution in [0.3, 0.4) is 0 Å². The van der Waals surface area contributed by atoms with Crippen LogP contribution in [0.5, 0.6) is 5.75 Å². The van der Waals surface area contributed by atoms with Crippen LogP contribution in [0.4, 0.5) is 0 Å². The fraction of sp³-hybridized carbons (Fsp3) is 0.562. The molecule has 0 unspecified atom stereocenters. The van der Waals surface area contributed by atoms with Crippen molar-refractivity contribution in [2.75, 3.05) is 92.8 Å². The lowest BCUT2D eigenvalue weighted by Gasteiger charge is -2.22. The van der Waals surface area contributed by atoms with Gasteiger partial charge in [-0.3, -0.25) is 9.80 Å². The highest BCUT2D eigenvalue weighted by Gasteiger charge is 2.15. The number of likely N-dealkylation sites (N-methyl/N-ethyl adjacent to an activating group) is 1. The van der Waals surface area contributed by atoms with Crippen LogP contribution in [0.15, 0.2) is 30.3 Å². The van der Waals surface area contributed by atoms with Crippen molar-refractivity contribution in [1.29, 1.82) is 0 Å². The lowest BCUT2D eigenvalue weighted by Crippen LogP contribution is -2.32. The fourth-order valence-corrected chi connectivity index (χ4v) is 4.09. The van der Waals surface area contributed by atoms with E-state index in [9.17, 15) is 9.59 Å². The van der Waals surface area contributed by atoms with E-state index in [4.69, 9.17) is 40.0 Å². The van der Waals surface area contributed by atoms with Crippen molar-refractivity contribution in [3.05, 3.63) is 53.1 Å². The summed E-state index contributed by atoms with van der Waals surface area (Å²) < 4.78 is 32.5. The van der Waals surface area contributed by atoms with Crippen LogP contribution in [0.25, 0.3) is 0 Å². The Balaban J connectivity index is 1.82. The number of carbonyl (C=O) groups excluding carboxylic acids is 2. The number of nitrogens with zero attached hydrogens (tertiary/aromatic N) is 4. The zero-order valence-corrected chi connectivity index (χ0v) is 26.6. The Kier molecular flexibility index (Phi) is 19.0. The third-order valence-corrected chi connectivity index (χ3v) is 6.34. The van der Waals surface area contributed by atoms with Crippen molar-refractivity contribution in [3.8, 4) is 18.1 Å². The first-order valence-electron chi connectivity index (χ1n) is 15.0. The molecule has 13 heteroatoms. The zero-order chi connectivity index (χ0) is 32.7. The van der Waals surface area contributed by atoms with Crippen molar-refractivity contribution < 1.29 is 43.1 Å². The molecule has 0 atom stereocenters. The molecule has 0 spiro atoms. The average molecular weight is 631 g/mol. The predicted octanol–water partition coefficient (Wildman–Crippen LogP) is 1.82. The number of carbonyl (C=O) groups is 2. The number of aromatic nitrogens is 2. The fourth-order valence-electron chi connectivity index (χ4n) is 4.09. The molecule has 2 aromatic heterocycles. The maximum atomic E-state index is 12.4. The van der Waals surface area contributed by atoms with Crippen LogP contribution in [0.2, 0.25) is 0 Å². The van der Waals surface area contributed by atoms with Crippen molar-refractivity contribution in [2.24, 2.45) is 0 Å². The van der Waals surface area contributed by atoms with Gasteiger partial charge in [-0.2, -0.15) is 0 Å². The number of esters is 2. The summed E-state index contributed by atoms with van der Waals surface area (Å²) in [4.78, 5) is 37.2. The van der Waals surface area contributed by atoms with E-state index < -0.39 is 11.9 Å². The van der Waals surface area contributed by atoms with E-state index in [1.165, 1.54) is 13.2 Å². The van der Waals surface area contributed by atoms with Crippen LogP contribution in [0.1, 0.15) is 46.2 Å². The third-order valence-electron chi connectivity index (χ3n) is 6.34. The van der Waals surface area contributed by atoms with Crippen LogP contribution >= 0.6 is 0 Å². The molecule has 0 saturated carbocycles. The van der Waals surface area contributed by atoms with Gasteiger partial charge in [-0.05, 0) is 25.6 Å². The van der Waals surface area contributed by atoms with Gasteiger partial charge >= 0.3 is 11.9 Å². The number of aliphatic hydroxyl groups excluding tert-OH is 1. The van der Waals surface area contributed by atoms with E-state index in [0.29, 0.717) is 77.2 Å². The first kappa shape index (κ1) is 37.5. The highest BCUT2D eigenvalue weighted by molar-refractivity contribution is 5.88. The number of ether oxygens (including phenoxy) is 6. The Labute approximate surface area is 265 Å². The minimum atomic E-state index is -0.544. The Morgan fingerprint density at radius 2 is 1.49 bits per heavy atom. The summed E-state index contributed by atoms with van der Waals surface area (Å²) in [6, 6.07) is 8.55. The molecule has 0 aliphatic rings. The molecule has 1 N–H and O–H groups in total. The van der Waals surface area contributed by atoms with E-state index in [1.807, 2.05) is 6.07 Å². The number of aliphatic hydroxyl groups is 1. The predicted molar refractivity (Wildman–Crippen MR) is 166 cm³/mol. The highest BCUT2D eigenvalue weighted by atomic mass is 16.5. The Morgan fingerprint density at radius 3 is 2.11 bits per heavy atom. The van der Waals surface area contributed by atoms with Gasteiger partial charge in [0.25, 0.3) is 0 Å². The van der Waals surface area contributed by atoms with E-state index >= 15 is 0 Å². The molecule has 0 radical (unpaired) electrons. The largest absolute Gasteiger partial charge is 0.481 e. The lowest BCUT2D eigenvalue weighted by molar-refractivity contribution is 0.0242. The average Bonchev–Trinajstić information content (AvgIpc) is 3.05. The van der Waals surface area contributed by atoms with E-state index in [0.717, 1.165) is 12.2 Å². The monoisotopic (exact) mass is 630 g/mol. The Bertz CT molecular complexity index is 1190. The number of pyridine rings is 2. The second-order valence-corrected chi connectivity index (χ2v) is 9.60. The smallest absolute Gasteiger partial charge is 0.357 e. The molecule has 2 rings (SSSR count). The van der Waals surface area contributed by atoms with Crippen molar-refractivity contribution in [1.82, 2.24) is 19.8 Å². The standard InChI is InChI=1S/C32H46N4O9/c1-5-15-45-28-22-27(34-30(23-28)32(39)44-7-3)25-36(12-17-41-19-14-37)13-18-43-21-20-42-16-11-35(6-2)24-26-9-8-10-29(33-26)31(38)40-4/h1,8-10,22-23,37H,6-7,11-21,24-25H2,2-4H3. The third kappa shape index (κ3) is 15.3. The van der Waals surface area contributed by atoms with E-state index in [1.54, 1.807) is 25.1 Å². The van der Waals surface area contributed by atoms with Gasteiger partial charge in [0, 0.05) is 44.9 Å². The number of terminal acetylenes is 1. The van der Waals surface area contributed by atoms with Gasteiger partial charge in [-0.1, -0.05) is 18.9 Å². The van der Waals surface area contributed by atoms with Gasteiger partial charge in [0.1, 0.15) is 18.1 Å². The maximum Gasteiger partial charge on any atom is 0.357 e. The van der Waals surface area contributed by atoms with Crippen LogP contribution in [0, 0.1) is 12.3 Å².